The van der Waals surface area contributed by atoms with Crippen molar-refractivity contribution in [2.45, 2.75) is 19.3 Å². The highest BCUT2D eigenvalue weighted by atomic mass is 16.2. The first kappa shape index (κ1) is 6.04. The lowest BCUT2D eigenvalue weighted by atomic mass is 10.3. The Bertz CT molecular complexity index is 200. The molecule has 60 valence electrons. The monoisotopic (exact) mass is 151 g/mol. The standard InChI is InChI=1S/C9H13NO/c11-9(6-1-2-6)10-4-7-3-8(7)5-10/h6-8H,1-5H2. The van der Waals surface area contributed by atoms with Gasteiger partial charge in [0.2, 0.25) is 5.91 Å². The molecule has 0 radical (unpaired) electrons. The Morgan fingerprint density at radius 1 is 1.18 bits per heavy atom. The fourth-order valence-corrected chi connectivity index (χ4v) is 2.17. The fourth-order valence-electron chi connectivity index (χ4n) is 2.17. The van der Waals surface area contributed by atoms with E-state index >= 15 is 0 Å². The van der Waals surface area contributed by atoms with Crippen LogP contribution in [0.4, 0.5) is 0 Å². The molecule has 0 N–H and O–H groups in total. The molecular formula is C9H13NO. The number of hydrogen-bond acceptors (Lipinski definition) is 1. The van der Waals surface area contributed by atoms with E-state index in [2.05, 4.69) is 4.90 Å². The van der Waals surface area contributed by atoms with Gasteiger partial charge in [-0.05, 0) is 31.1 Å². The summed E-state index contributed by atoms with van der Waals surface area (Å²) < 4.78 is 0. The zero-order chi connectivity index (χ0) is 7.42. The Hall–Kier alpha value is -0.530. The first-order valence-corrected chi connectivity index (χ1v) is 4.63. The van der Waals surface area contributed by atoms with Crippen molar-refractivity contribution in [1.29, 1.82) is 0 Å². The van der Waals surface area contributed by atoms with E-state index in [1.807, 2.05) is 0 Å². The molecule has 0 aromatic rings. The van der Waals surface area contributed by atoms with Crippen LogP contribution in [0.25, 0.3) is 0 Å². The van der Waals surface area contributed by atoms with Crippen LogP contribution < -0.4 is 0 Å². The van der Waals surface area contributed by atoms with Gasteiger partial charge in [0.15, 0.2) is 0 Å². The van der Waals surface area contributed by atoms with Gasteiger partial charge in [-0.25, -0.2) is 0 Å². The van der Waals surface area contributed by atoms with Gasteiger partial charge in [-0.2, -0.15) is 0 Å². The summed E-state index contributed by atoms with van der Waals surface area (Å²) in [5.41, 5.74) is 0. The zero-order valence-corrected chi connectivity index (χ0v) is 6.62. The number of fused-ring (bicyclic) bond motifs is 1. The van der Waals surface area contributed by atoms with Crippen molar-refractivity contribution < 1.29 is 4.79 Å². The van der Waals surface area contributed by atoms with Crippen LogP contribution in [0.1, 0.15) is 19.3 Å². The summed E-state index contributed by atoms with van der Waals surface area (Å²) in [6, 6.07) is 0. The van der Waals surface area contributed by atoms with Crippen LogP contribution >= 0.6 is 0 Å². The van der Waals surface area contributed by atoms with Crippen molar-refractivity contribution in [1.82, 2.24) is 4.90 Å². The molecule has 11 heavy (non-hydrogen) atoms. The van der Waals surface area contributed by atoms with Crippen molar-refractivity contribution in [3.63, 3.8) is 0 Å². The van der Waals surface area contributed by atoms with Crippen molar-refractivity contribution in [2.24, 2.45) is 17.8 Å². The van der Waals surface area contributed by atoms with Crippen LogP contribution in [0, 0.1) is 17.8 Å². The topological polar surface area (TPSA) is 20.3 Å². The van der Waals surface area contributed by atoms with Crippen LogP contribution in [-0.4, -0.2) is 23.9 Å². The lowest BCUT2D eigenvalue weighted by molar-refractivity contribution is -0.132. The van der Waals surface area contributed by atoms with Gasteiger partial charge in [0.1, 0.15) is 0 Å². The zero-order valence-electron chi connectivity index (χ0n) is 6.62. The van der Waals surface area contributed by atoms with Gasteiger partial charge in [0.05, 0.1) is 0 Å². The second-order valence-corrected chi connectivity index (χ2v) is 4.27. The fraction of sp³-hybridized carbons (Fsp3) is 0.889. The largest absolute Gasteiger partial charge is 0.342 e. The van der Waals surface area contributed by atoms with E-state index in [1.165, 1.54) is 6.42 Å². The normalized spacial score (nSPS) is 40.5. The van der Waals surface area contributed by atoms with E-state index in [-0.39, 0.29) is 0 Å². The summed E-state index contributed by atoms with van der Waals surface area (Å²) >= 11 is 0. The van der Waals surface area contributed by atoms with Crippen LogP contribution in [0.2, 0.25) is 0 Å². The Morgan fingerprint density at radius 3 is 2.36 bits per heavy atom. The number of amides is 1. The molecular weight excluding hydrogens is 138 g/mol. The molecule has 0 aromatic heterocycles. The summed E-state index contributed by atoms with van der Waals surface area (Å²) in [5, 5.41) is 0. The van der Waals surface area contributed by atoms with Crippen molar-refractivity contribution in [3.8, 4) is 0 Å². The molecule has 1 saturated heterocycles. The minimum atomic E-state index is 0.437. The van der Waals surface area contributed by atoms with Crippen molar-refractivity contribution in [2.75, 3.05) is 13.1 Å². The predicted molar refractivity (Wildman–Crippen MR) is 40.9 cm³/mol. The molecule has 3 fully saturated rings. The van der Waals surface area contributed by atoms with Gasteiger partial charge >= 0.3 is 0 Å². The maximum Gasteiger partial charge on any atom is 0.225 e. The van der Waals surface area contributed by atoms with Crippen LogP contribution in [0.3, 0.4) is 0 Å². The Balaban J connectivity index is 1.66. The summed E-state index contributed by atoms with van der Waals surface area (Å²) in [6.45, 7) is 2.17. The molecule has 3 rings (SSSR count). The second-order valence-electron chi connectivity index (χ2n) is 4.27. The third kappa shape index (κ3) is 0.883. The third-order valence-electron chi connectivity index (χ3n) is 3.22. The Morgan fingerprint density at radius 2 is 1.82 bits per heavy atom. The molecule has 1 aliphatic heterocycles. The number of piperidine rings is 1. The van der Waals surface area contributed by atoms with Gasteiger partial charge in [-0.3, -0.25) is 4.79 Å². The van der Waals surface area contributed by atoms with Crippen LogP contribution in [0.15, 0.2) is 0 Å². The van der Waals surface area contributed by atoms with E-state index in [0.29, 0.717) is 11.8 Å². The van der Waals surface area contributed by atoms with E-state index < -0.39 is 0 Å². The average Bonchev–Trinajstić information content (AvgIpc) is 2.90. The first-order valence-electron chi connectivity index (χ1n) is 4.63. The highest BCUT2D eigenvalue weighted by Crippen LogP contribution is 2.46. The summed E-state index contributed by atoms with van der Waals surface area (Å²) in [5.74, 6) is 2.69. The molecule has 2 saturated carbocycles. The number of likely N-dealkylation sites (tertiary alicyclic amines) is 1. The number of carbonyl (C=O) groups is 1. The molecule has 3 aliphatic rings. The van der Waals surface area contributed by atoms with E-state index in [4.69, 9.17) is 0 Å². The van der Waals surface area contributed by atoms with Crippen LogP contribution in [0.5, 0.6) is 0 Å². The smallest absolute Gasteiger partial charge is 0.225 e. The summed E-state index contributed by atoms with van der Waals surface area (Å²) in [4.78, 5) is 13.6. The van der Waals surface area contributed by atoms with Crippen molar-refractivity contribution in [3.05, 3.63) is 0 Å². The Labute approximate surface area is 66.6 Å². The maximum absolute atomic E-state index is 11.5. The number of nitrogens with zero attached hydrogens (tertiary/aromatic N) is 1. The SMILES string of the molecule is O=C(C1CC1)N1CC2CC2C1. The highest BCUT2D eigenvalue weighted by Gasteiger charge is 2.48. The minimum absolute atomic E-state index is 0.437. The molecule has 2 atom stereocenters. The van der Waals surface area contributed by atoms with Gasteiger partial charge < -0.3 is 4.90 Å². The van der Waals surface area contributed by atoms with Gasteiger partial charge in [0, 0.05) is 19.0 Å². The van der Waals surface area contributed by atoms with Gasteiger partial charge in [-0.15, -0.1) is 0 Å². The molecule has 0 aromatic carbocycles. The molecule has 1 heterocycles. The van der Waals surface area contributed by atoms with Gasteiger partial charge in [0.25, 0.3) is 0 Å². The molecule has 2 nitrogen and oxygen atoms in total. The average molecular weight is 151 g/mol. The van der Waals surface area contributed by atoms with E-state index in [1.54, 1.807) is 0 Å². The molecule has 1 amide bonds. The van der Waals surface area contributed by atoms with Crippen LogP contribution in [-0.2, 0) is 4.79 Å². The third-order valence-corrected chi connectivity index (χ3v) is 3.22. The predicted octanol–water partition coefficient (Wildman–Crippen LogP) is 0.875. The lowest BCUT2D eigenvalue weighted by Crippen LogP contribution is -2.31. The lowest BCUT2D eigenvalue weighted by Gasteiger charge is -2.16. The van der Waals surface area contributed by atoms with E-state index in [9.17, 15) is 4.79 Å². The Kier molecular flexibility index (Phi) is 0.984. The molecule has 2 unspecified atom stereocenters. The number of hydrogen-bond donors (Lipinski definition) is 0. The first-order chi connectivity index (χ1) is 5.34. The molecule has 0 bridgehead atoms. The molecule has 0 spiro atoms. The van der Waals surface area contributed by atoms with E-state index in [0.717, 1.165) is 37.8 Å². The van der Waals surface area contributed by atoms with Crippen molar-refractivity contribution >= 4 is 5.91 Å². The molecule has 2 heteroatoms. The maximum atomic E-state index is 11.5. The van der Waals surface area contributed by atoms with Gasteiger partial charge in [-0.1, -0.05) is 0 Å². The second kappa shape index (κ2) is 1.79. The summed E-state index contributed by atoms with van der Waals surface area (Å²) in [7, 11) is 0. The number of rotatable bonds is 1. The quantitative estimate of drug-likeness (QED) is 0.544. The summed E-state index contributed by atoms with van der Waals surface area (Å²) in [6.07, 6.45) is 3.71. The minimum Gasteiger partial charge on any atom is -0.342 e. The number of carbonyl (C=O) groups excluding carboxylic acids is 1. The highest BCUT2D eigenvalue weighted by molar-refractivity contribution is 5.81. The molecule has 2 aliphatic carbocycles.